The number of hydrogen-bond acceptors (Lipinski definition) is 2. The summed E-state index contributed by atoms with van der Waals surface area (Å²) in [6.07, 6.45) is 4.02. The fraction of sp³-hybridized carbons (Fsp3) is 1.00. The smallest absolute Gasteiger partial charge is 0.395 e. The van der Waals surface area contributed by atoms with Gasteiger partial charge in [-0.2, -0.15) is 0 Å². The SMILES string of the molecule is OCCN1CCCCC1.[Na+]. The number of aliphatic hydroxyl groups is 1. The third kappa shape index (κ3) is 3.94. The first-order valence-corrected chi connectivity index (χ1v) is 3.76. The molecule has 0 spiro atoms. The van der Waals surface area contributed by atoms with Gasteiger partial charge in [0, 0.05) is 6.54 Å². The summed E-state index contributed by atoms with van der Waals surface area (Å²) < 4.78 is 0. The van der Waals surface area contributed by atoms with E-state index >= 15 is 0 Å². The molecule has 1 N–H and O–H groups in total. The summed E-state index contributed by atoms with van der Waals surface area (Å²) in [5.41, 5.74) is 0. The van der Waals surface area contributed by atoms with Crippen LogP contribution in [0, 0.1) is 0 Å². The molecule has 0 unspecified atom stereocenters. The first kappa shape index (κ1) is 10.9. The van der Waals surface area contributed by atoms with E-state index in [1.54, 1.807) is 0 Å². The molecule has 0 bridgehead atoms. The zero-order valence-corrected chi connectivity index (χ0v) is 8.84. The second-order valence-corrected chi connectivity index (χ2v) is 2.63. The van der Waals surface area contributed by atoms with Gasteiger partial charge in [0.1, 0.15) is 0 Å². The molecule has 0 aromatic rings. The van der Waals surface area contributed by atoms with Gasteiger partial charge in [-0.15, -0.1) is 0 Å². The number of nitrogens with zero attached hydrogens (tertiary/aromatic N) is 1. The predicted octanol–water partition coefficient (Wildman–Crippen LogP) is -2.53. The van der Waals surface area contributed by atoms with Crippen LogP contribution in [0.5, 0.6) is 0 Å². The number of hydrogen-bond donors (Lipinski definition) is 1. The van der Waals surface area contributed by atoms with Crippen LogP contribution in [0.4, 0.5) is 0 Å². The summed E-state index contributed by atoms with van der Waals surface area (Å²) in [6.45, 7) is 3.58. The largest absolute Gasteiger partial charge is 1.00 e. The Morgan fingerprint density at radius 1 is 1.10 bits per heavy atom. The van der Waals surface area contributed by atoms with Crippen molar-refractivity contribution in [3.8, 4) is 0 Å². The summed E-state index contributed by atoms with van der Waals surface area (Å²) in [4.78, 5) is 2.32. The molecule has 0 saturated carbocycles. The fourth-order valence-corrected chi connectivity index (χ4v) is 1.32. The van der Waals surface area contributed by atoms with E-state index in [1.807, 2.05) is 0 Å². The number of rotatable bonds is 2. The summed E-state index contributed by atoms with van der Waals surface area (Å²) in [6, 6.07) is 0. The molecule has 1 saturated heterocycles. The second-order valence-electron chi connectivity index (χ2n) is 2.63. The zero-order valence-electron chi connectivity index (χ0n) is 6.84. The monoisotopic (exact) mass is 152 g/mol. The number of piperidine rings is 1. The minimum atomic E-state index is 0. The normalized spacial score (nSPS) is 20.1. The number of aliphatic hydroxyl groups excluding tert-OH is 1. The average molecular weight is 152 g/mol. The van der Waals surface area contributed by atoms with Gasteiger partial charge in [-0.3, -0.25) is 0 Å². The van der Waals surface area contributed by atoms with Crippen LogP contribution >= 0.6 is 0 Å². The molecule has 1 aliphatic rings. The summed E-state index contributed by atoms with van der Waals surface area (Å²) in [5.74, 6) is 0. The van der Waals surface area contributed by atoms with Gasteiger partial charge in [-0.1, -0.05) is 6.42 Å². The van der Waals surface area contributed by atoms with Crippen LogP contribution in [0.3, 0.4) is 0 Å². The van der Waals surface area contributed by atoms with Gasteiger partial charge in [-0.05, 0) is 25.9 Å². The van der Waals surface area contributed by atoms with Crippen LogP contribution in [-0.2, 0) is 0 Å². The van der Waals surface area contributed by atoms with Crippen molar-refractivity contribution in [3.63, 3.8) is 0 Å². The van der Waals surface area contributed by atoms with E-state index in [4.69, 9.17) is 5.11 Å². The van der Waals surface area contributed by atoms with Gasteiger partial charge < -0.3 is 10.0 Å². The van der Waals surface area contributed by atoms with Crippen molar-refractivity contribution < 1.29 is 34.7 Å². The maximum Gasteiger partial charge on any atom is 1.00 e. The average Bonchev–Trinajstić information content (AvgIpc) is 1.91. The van der Waals surface area contributed by atoms with Gasteiger partial charge in [-0.25, -0.2) is 0 Å². The van der Waals surface area contributed by atoms with E-state index in [-0.39, 0.29) is 29.6 Å². The second kappa shape index (κ2) is 6.62. The molecular weight excluding hydrogens is 137 g/mol. The number of likely N-dealkylation sites (tertiary alicyclic amines) is 1. The van der Waals surface area contributed by atoms with Gasteiger partial charge in [0.2, 0.25) is 0 Å². The van der Waals surface area contributed by atoms with Crippen molar-refractivity contribution in [1.82, 2.24) is 4.90 Å². The Balaban J connectivity index is 0.000000810. The fourth-order valence-electron chi connectivity index (χ4n) is 1.32. The topological polar surface area (TPSA) is 23.5 Å². The van der Waals surface area contributed by atoms with E-state index in [0.717, 1.165) is 6.54 Å². The quantitative estimate of drug-likeness (QED) is 0.441. The maximum absolute atomic E-state index is 8.58. The Morgan fingerprint density at radius 2 is 1.70 bits per heavy atom. The molecule has 0 aromatic heterocycles. The molecule has 10 heavy (non-hydrogen) atoms. The third-order valence-electron chi connectivity index (χ3n) is 1.86. The van der Waals surface area contributed by atoms with Gasteiger partial charge in [0.05, 0.1) is 6.61 Å². The molecule has 0 amide bonds. The Hall–Kier alpha value is 0.920. The van der Waals surface area contributed by atoms with Crippen LogP contribution in [0.2, 0.25) is 0 Å². The molecule has 1 heterocycles. The summed E-state index contributed by atoms with van der Waals surface area (Å²) in [7, 11) is 0. The van der Waals surface area contributed by atoms with Crippen molar-refractivity contribution in [2.45, 2.75) is 19.3 Å². The molecule has 54 valence electrons. The van der Waals surface area contributed by atoms with Crippen LogP contribution in [0.1, 0.15) is 19.3 Å². The maximum atomic E-state index is 8.58. The molecule has 1 rings (SSSR count). The van der Waals surface area contributed by atoms with Crippen molar-refractivity contribution >= 4 is 0 Å². The van der Waals surface area contributed by atoms with Gasteiger partial charge in [0.15, 0.2) is 0 Å². The molecule has 0 aromatic carbocycles. The molecule has 1 aliphatic heterocycles. The van der Waals surface area contributed by atoms with Crippen LogP contribution < -0.4 is 29.6 Å². The van der Waals surface area contributed by atoms with E-state index in [0.29, 0.717) is 6.61 Å². The minimum Gasteiger partial charge on any atom is -0.395 e. The molecule has 0 atom stereocenters. The van der Waals surface area contributed by atoms with Crippen molar-refractivity contribution in [3.05, 3.63) is 0 Å². The van der Waals surface area contributed by atoms with Crippen molar-refractivity contribution in [2.24, 2.45) is 0 Å². The molecule has 1 fully saturated rings. The molecule has 0 radical (unpaired) electrons. The molecular formula is C7H15NNaO+. The zero-order chi connectivity index (χ0) is 6.53. The van der Waals surface area contributed by atoms with Crippen molar-refractivity contribution in [2.75, 3.05) is 26.2 Å². The number of β-amino-alcohol motifs (C(OH)–C–C–N with tert-alkyl or cyclic N) is 1. The van der Waals surface area contributed by atoms with Crippen LogP contribution in [0.15, 0.2) is 0 Å². The minimum absolute atomic E-state index is 0. The first-order chi connectivity index (χ1) is 4.43. The first-order valence-electron chi connectivity index (χ1n) is 3.76. The van der Waals surface area contributed by atoms with Crippen LogP contribution in [0.25, 0.3) is 0 Å². The Bertz CT molecular complexity index is 71.3. The third-order valence-corrected chi connectivity index (χ3v) is 1.86. The Morgan fingerprint density at radius 3 is 2.20 bits per heavy atom. The van der Waals surface area contributed by atoms with E-state index in [1.165, 1.54) is 32.4 Å². The van der Waals surface area contributed by atoms with Crippen LogP contribution in [-0.4, -0.2) is 36.2 Å². The Kier molecular flexibility index (Phi) is 7.23. The van der Waals surface area contributed by atoms with E-state index in [9.17, 15) is 0 Å². The summed E-state index contributed by atoms with van der Waals surface area (Å²) >= 11 is 0. The standard InChI is InChI=1S/C7H15NO.Na/c9-7-6-8-4-2-1-3-5-8;/h9H,1-7H2;/q;+1. The van der Waals surface area contributed by atoms with Crippen molar-refractivity contribution in [1.29, 1.82) is 0 Å². The summed E-state index contributed by atoms with van der Waals surface area (Å²) in [5, 5.41) is 8.58. The van der Waals surface area contributed by atoms with E-state index in [2.05, 4.69) is 4.90 Å². The van der Waals surface area contributed by atoms with E-state index < -0.39 is 0 Å². The molecule has 3 heteroatoms. The van der Waals surface area contributed by atoms with Gasteiger partial charge in [0.25, 0.3) is 0 Å². The van der Waals surface area contributed by atoms with Gasteiger partial charge >= 0.3 is 29.6 Å². The predicted molar refractivity (Wildman–Crippen MR) is 37.4 cm³/mol. The Labute approximate surface area is 84.9 Å². The molecule has 2 nitrogen and oxygen atoms in total. The molecule has 0 aliphatic carbocycles.